The molecule has 1 aromatic heterocycles. The number of carbonyl (C=O) groups is 1. The van der Waals surface area contributed by atoms with Gasteiger partial charge in [-0.05, 0) is 30.0 Å². The smallest absolute Gasteiger partial charge is 0.226 e. The molecule has 29 heavy (non-hydrogen) atoms. The van der Waals surface area contributed by atoms with Gasteiger partial charge in [-0.25, -0.2) is 0 Å². The number of nitrogens with zero attached hydrogens (tertiary/aromatic N) is 2. The second-order valence-electron chi connectivity index (χ2n) is 7.13. The van der Waals surface area contributed by atoms with E-state index in [2.05, 4.69) is 38.8 Å². The van der Waals surface area contributed by atoms with E-state index in [0.29, 0.717) is 6.42 Å². The molecule has 0 unspecified atom stereocenters. The van der Waals surface area contributed by atoms with E-state index < -0.39 is 0 Å². The number of hydrogen-bond donors (Lipinski definition) is 3. The van der Waals surface area contributed by atoms with Crippen LogP contribution in [0.2, 0.25) is 0 Å². The van der Waals surface area contributed by atoms with Crippen molar-refractivity contribution in [1.82, 2.24) is 4.98 Å². The summed E-state index contributed by atoms with van der Waals surface area (Å²) < 4.78 is 0. The number of allylic oxidation sites excluding steroid dienone is 1. The van der Waals surface area contributed by atoms with Gasteiger partial charge in [-0.3, -0.25) is 14.8 Å². The number of nitrogens with one attached hydrogen (secondary N) is 2. The number of amides is 1. The van der Waals surface area contributed by atoms with Crippen LogP contribution in [0.4, 0.5) is 11.4 Å². The second-order valence-corrected chi connectivity index (χ2v) is 7.13. The SMILES string of the molecule is CN=CC(=CN)c1cc2cccc(-c3cccc4c3N[C@H](C)CC(=O)N4)c2cn1. The molecule has 4 rings (SSSR count). The summed E-state index contributed by atoms with van der Waals surface area (Å²) >= 11 is 0. The number of aromatic nitrogens is 1. The van der Waals surface area contributed by atoms with E-state index in [-0.39, 0.29) is 11.9 Å². The van der Waals surface area contributed by atoms with E-state index in [1.165, 1.54) is 6.20 Å². The van der Waals surface area contributed by atoms with Crippen molar-refractivity contribution in [1.29, 1.82) is 0 Å². The number of rotatable bonds is 3. The van der Waals surface area contributed by atoms with E-state index in [0.717, 1.165) is 44.5 Å². The number of aliphatic imine (C=N–C) groups is 1. The molecule has 1 aliphatic heterocycles. The zero-order valence-electron chi connectivity index (χ0n) is 16.4. The number of hydrogen-bond acceptors (Lipinski definition) is 5. The molecule has 1 aliphatic rings. The minimum Gasteiger partial charge on any atom is -0.404 e. The van der Waals surface area contributed by atoms with Gasteiger partial charge in [-0.1, -0.05) is 30.3 Å². The molecule has 0 radical (unpaired) electrons. The van der Waals surface area contributed by atoms with Crippen LogP contribution in [0.25, 0.3) is 27.5 Å². The first-order valence-electron chi connectivity index (χ1n) is 9.53. The third-order valence-electron chi connectivity index (χ3n) is 5.02. The van der Waals surface area contributed by atoms with Gasteiger partial charge in [0, 0.05) is 54.6 Å². The molecule has 6 heteroatoms. The Morgan fingerprint density at radius 1 is 1.24 bits per heavy atom. The van der Waals surface area contributed by atoms with Crippen molar-refractivity contribution in [3.05, 3.63) is 60.6 Å². The summed E-state index contributed by atoms with van der Waals surface area (Å²) in [6.07, 6.45) is 5.51. The fourth-order valence-electron chi connectivity index (χ4n) is 3.71. The lowest BCUT2D eigenvalue weighted by atomic mass is 9.96. The van der Waals surface area contributed by atoms with Gasteiger partial charge in [0.1, 0.15) is 0 Å². The summed E-state index contributed by atoms with van der Waals surface area (Å²) in [6.45, 7) is 2.01. The molecule has 146 valence electrons. The Bertz CT molecular complexity index is 1150. The number of anilines is 2. The Hall–Kier alpha value is -3.67. The maximum atomic E-state index is 12.1. The number of pyridine rings is 1. The van der Waals surface area contributed by atoms with Gasteiger partial charge in [-0.2, -0.15) is 0 Å². The minimum absolute atomic E-state index is 0.0174. The summed E-state index contributed by atoms with van der Waals surface area (Å²) in [7, 11) is 1.70. The average Bonchev–Trinajstić information content (AvgIpc) is 2.87. The summed E-state index contributed by atoms with van der Waals surface area (Å²) in [6, 6.07) is 14.2. The molecule has 1 atom stereocenters. The quantitative estimate of drug-likeness (QED) is 0.593. The molecule has 4 N–H and O–H groups in total. The molecular formula is C23H23N5O. The number of nitrogens with two attached hydrogens (primary N) is 1. The normalized spacial score (nSPS) is 17.0. The van der Waals surface area contributed by atoms with Crippen molar-refractivity contribution in [3.8, 4) is 11.1 Å². The van der Waals surface area contributed by atoms with E-state index in [4.69, 9.17) is 5.73 Å². The molecule has 0 spiro atoms. The summed E-state index contributed by atoms with van der Waals surface area (Å²) in [5.74, 6) is 0.0174. The molecule has 0 saturated heterocycles. The van der Waals surface area contributed by atoms with Crippen molar-refractivity contribution < 1.29 is 4.79 Å². The molecule has 0 fully saturated rings. The highest BCUT2D eigenvalue weighted by atomic mass is 16.1. The molecule has 0 bridgehead atoms. The Morgan fingerprint density at radius 2 is 2.03 bits per heavy atom. The Labute approximate surface area is 169 Å². The second kappa shape index (κ2) is 7.75. The molecule has 2 aromatic carbocycles. The van der Waals surface area contributed by atoms with Gasteiger partial charge in [-0.15, -0.1) is 0 Å². The number of benzene rings is 2. The monoisotopic (exact) mass is 385 g/mol. The van der Waals surface area contributed by atoms with Crippen LogP contribution in [-0.4, -0.2) is 30.2 Å². The fourth-order valence-corrected chi connectivity index (χ4v) is 3.71. The van der Waals surface area contributed by atoms with Crippen LogP contribution in [-0.2, 0) is 4.79 Å². The zero-order chi connectivity index (χ0) is 20.4. The molecule has 6 nitrogen and oxygen atoms in total. The lowest BCUT2D eigenvalue weighted by Gasteiger charge is -2.18. The van der Waals surface area contributed by atoms with Crippen LogP contribution in [0.15, 0.2) is 59.9 Å². The molecule has 3 aromatic rings. The minimum atomic E-state index is 0.0174. The summed E-state index contributed by atoms with van der Waals surface area (Å²) in [5.41, 5.74) is 11.1. The van der Waals surface area contributed by atoms with Crippen molar-refractivity contribution in [2.45, 2.75) is 19.4 Å². The standard InChI is InChI=1S/C23H23N5O/c1-14-9-22(29)28-20-8-4-7-18(23(20)27-14)17-6-3-5-15-10-21(26-13-19(15)17)16(11-24)12-25-2/h3-8,10-14,27H,9,24H2,1-2H3,(H,28,29)/t14-/m1/s1. The number of carbonyl (C=O) groups excluding carboxylic acids is 1. The highest BCUT2D eigenvalue weighted by molar-refractivity contribution is 6.10. The average molecular weight is 385 g/mol. The number of para-hydroxylation sites is 1. The maximum absolute atomic E-state index is 12.1. The van der Waals surface area contributed by atoms with Gasteiger partial charge in [0.15, 0.2) is 0 Å². The Morgan fingerprint density at radius 3 is 2.83 bits per heavy atom. The van der Waals surface area contributed by atoms with Gasteiger partial charge < -0.3 is 16.4 Å². The van der Waals surface area contributed by atoms with Crippen LogP contribution in [0.3, 0.4) is 0 Å². The Balaban J connectivity index is 1.88. The van der Waals surface area contributed by atoms with Crippen molar-refractivity contribution in [2.75, 3.05) is 17.7 Å². The first-order valence-corrected chi connectivity index (χ1v) is 9.53. The van der Waals surface area contributed by atoms with E-state index in [1.807, 2.05) is 37.4 Å². The molecule has 2 heterocycles. The van der Waals surface area contributed by atoms with Gasteiger partial charge in [0.05, 0.1) is 17.1 Å². The van der Waals surface area contributed by atoms with Gasteiger partial charge >= 0.3 is 0 Å². The van der Waals surface area contributed by atoms with Gasteiger partial charge in [0.2, 0.25) is 5.91 Å². The molecule has 1 amide bonds. The van der Waals surface area contributed by atoms with Crippen LogP contribution in [0.5, 0.6) is 0 Å². The van der Waals surface area contributed by atoms with Crippen LogP contribution < -0.4 is 16.4 Å². The fraction of sp³-hybridized carbons (Fsp3) is 0.174. The lowest BCUT2D eigenvalue weighted by molar-refractivity contribution is -0.116. The van der Waals surface area contributed by atoms with Crippen molar-refractivity contribution in [2.24, 2.45) is 10.7 Å². The maximum Gasteiger partial charge on any atom is 0.226 e. The number of fused-ring (bicyclic) bond motifs is 2. The van der Waals surface area contributed by atoms with E-state index in [1.54, 1.807) is 13.3 Å². The van der Waals surface area contributed by atoms with E-state index >= 15 is 0 Å². The highest BCUT2D eigenvalue weighted by Gasteiger charge is 2.21. The molecular weight excluding hydrogens is 362 g/mol. The van der Waals surface area contributed by atoms with Crippen LogP contribution in [0, 0.1) is 0 Å². The predicted octanol–water partition coefficient (Wildman–Crippen LogP) is 4.04. The lowest BCUT2D eigenvalue weighted by Crippen LogP contribution is -2.19. The Kier molecular flexibility index (Phi) is 4.99. The largest absolute Gasteiger partial charge is 0.404 e. The van der Waals surface area contributed by atoms with Crippen LogP contribution >= 0.6 is 0 Å². The van der Waals surface area contributed by atoms with E-state index in [9.17, 15) is 4.79 Å². The van der Waals surface area contributed by atoms with Crippen molar-refractivity contribution in [3.63, 3.8) is 0 Å². The first-order chi connectivity index (χ1) is 14.1. The predicted molar refractivity (Wildman–Crippen MR) is 120 cm³/mol. The van der Waals surface area contributed by atoms with Crippen molar-refractivity contribution >= 4 is 39.8 Å². The summed E-state index contributed by atoms with van der Waals surface area (Å²) in [5, 5.41) is 8.58. The topological polar surface area (TPSA) is 92.4 Å². The molecule has 0 aliphatic carbocycles. The van der Waals surface area contributed by atoms with Gasteiger partial charge in [0.25, 0.3) is 0 Å². The van der Waals surface area contributed by atoms with Crippen LogP contribution in [0.1, 0.15) is 19.0 Å². The summed E-state index contributed by atoms with van der Waals surface area (Å²) in [4.78, 5) is 20.8. The third-order valence-corrected chi connectivity index (χ3v) is 5.02. The third kappa shape index (κ3) is 3.57. The highest BCUT2D eigenvalue weighted by Crippen LogP contribution is 2.39. The molecule has 0 saturated carbocycles. The zero-order valence-corrected chi connectivity index (χ0v) is 16.4. The first kappa shape index (κ1) is 18.7.